The van der Waals surface area contributed by atoms with Gasteiger partial charge in [0.25, 0.3) is 0 Å². The van der Waals surface area contributed by atoms with Crippen LogP contribution in [0, 0.1) is 11.7 Å². The van der Waals surface area contributed by atoms with Gasteiger partial charge in [-0.1, -0.05) is 12.1 Å². The van der Waals surface area contributed by atoms with Crippen LogP contribution in [-0.4, -0.2) is 36.9 Å². The van der Waals surface area contributed by atoms with Crippen molar-refractivity contribution in [1.29, 1.82) is 0 Å². The predicted molar refractivity (Wildman–Crippen MR) is 101 cm³/mol. The van der Waals surface area contributed by atoms with Crippen molar-refractivity contribution in [1.82, 2.24) is 4.90 Å². The molecule has 6 heteroatoms. The first kappa shape index (κ1) is 18.9. The molecule has 0 spiro atoms. The molecular weight excluding hydrogens is 347 g/mol. The molecule has 0 unspecified atom stereocenters. The first-order valence-electron chi connectivity index (χ1n) is 9.02. The Bertz CT molecular complexity index is 799. The molecule has 142 valence electrons. The Balaban J connectivity index is 1.48. The van der Waals surface area contributed by atoms with Crippen LogP contribution in [0.25, 0.3) is 0 Å². The zero-order chi connectivity index (χ0) is 19.2. The smallest absolute Gasteiger partial charge is 0.227 e. The van der Waals surface area contributed by atoms with Crippen LogP contribution in [-0.2, 0) is 16.0 Å². The average molecular weight is 370 g/mol. The van der Waals surface area contributed by atoms with Gasteiger partial charge in [-0.2, -0.15) is 0 Å². The number of anilines is 1. The summed E-state index contributed by atoms with van der Waals surface area (Å²) in [5, 5.41) is 2.91. The summed E-state index contributed by atoms with van der Waals surface area (Å²) in [6, 6.07) is 13.3. The number of nitrogens with one attached hydrogen (secondary N) is 1. The van der Waals surface area contributed by atoms with Crippen molar-refractivity contribution in [2.75, 3.05) is 25.5 Å². The molecular formula is C21H23FN2O3. The molecule has 1 aliphatic rings. The van der Waals surface area contributed by atoms with Gasteiger partial charge in [-0.15, -0.1) is 0 Å². The summed E-state index contributed by atoms with van der Waals surface area (Å²) in [5.74, 6) is 0.213. The highest BCUT2D eigenvalue weighted by molar-refractivity contribution is 5.92. The molecule has 2 aromatic rings. The lowest BCUT2D eigenvalue weighted by Gasteiger charge is -2.31. The van der Waals surface area contributed by atoms with E-state index in [4.69, 9.17) is 4.74 Å². The fourth-order valence-corrected chi connectivity index (χ4v) is 3.24. The molecule has 1 fully saturated rings. The van der Waals surface area contributed by atoms with Gasteiger partial charge in [0.1, 0.15) is 11.6 Å². The topological polar surface area (TPSA) is 58.6 Å². The summed E-state index contributed by atoms with van der Waals surface area (Å²) in [6.07, 6.45) is 1.42. The molecule has 2 amide bonds. The van der Waals surface area contributed by atoms with Gasteiger partial charge < -0.3 is 15.0 Å². The minimum Gasteiger partial charge on any atom is -0.497 e. The van der Waals surface area contributed by atoms with Crippen LogP contribution in [0.3, 0.4) is 0 Å². The monoisotopic (exact) mass is 370 g/mol. The van der Waals surface area contributed by atoms with Crippen molar-refractivity contribution in [3.8, 4) is 5.75 Å². The van der Waals surface area contributed by atoms with Crippen LogP contribution in [0.1, 0.15) is 18.4 Å². The normalized spacial score (nSPS) is 14.7. The van der Waals surface area contributed by atoms with Crippen molar-refractivity contribution in [2.45, 2.75) is 19.3 Å². The summed E-state index contributed by atoms with van der Waals surface area (Å²) in [7, 11) is 1.59. The van der Waals surface area contributed by atoms with Gasteiger partial charge >= 0.3 is 0 Å². The molecule has 0 atom stereocenters. The van der Waals surface area contributed by atoms with Crippen LogP contribution in [0.2, 0.25) is 0 Å². The zero-order valence-corrected chi connectivity index (χ0v) is 15.3. The fraction of sp³-hybridized carbons (Fsp3) is 0.333. The molecule has 3 rings (SSSR count). The Kier molecular flexibility index (Phi) is 6.06. The van der Waals surface area contributed by atoms with E-state index in [1.807, 2.05) is 0 Å². The average Bonchev–Trinajstić information content (AvgIpc) is 2.68. The van der Waals surface area contributed by atoms with E-state index in [-0.39, 0.29) is 30.0 Å². The molecule has 0 saturated carbocycles. The minimum absolute atomic E-state index is 0.0302. The Morgan fingerprint density at radius 2 is 1.85 bits per heavy atom. The van der Waals surface area contributed by atoms with Gasteiger partial charge in [-0.05, 0) is 54.8 Å². The van der Waals surface area contributed by atoms with Gasteiger partial charge in [-0.3, -0.25) is 9.59 Å². The summed E-state index contributed by atoms with van der Waals surface area (Å²) < 4.78 is 18.3. The van der Waals surface area contributed by atoms with E-state index in [0.29, 0.717) is 31.5 Å². The van der Waals surface area contributed by atoms with E-state index >= 15 is 0 Å². The van der Waals surface area contributed by atoms with Gasteiger partial charge in [0.2, 0.25) is 11.8 Å². The summed E-state index contributed by atoms with van der Waals surface area (Å²) in [5.41, 5.74) is 1.39. The number of benzene rings is 2. The quantitative estimate of drug-likeness (QED) is 0.879. The second-order valence-electron chi connectivity index (χ2n) is 6.68. The highest BCUT2D eigenvalue weighted by atomic mass is 19.1. The lowest BCUT2D eigenvalue weighted by Crippen LogP contribution is -2.42. The van der Waals surface area contributed by atoms with Crippen LogP contribution in [0.15, 0.2) is 48.5 Å². The molecule has 0 aliphatic carbocycles. The van der Waals surface area contributed by atoms with Crippen molar-refractivity contribution >= 4 is 17.5 Å². The number of nitrogens with zero attached hydrogens (tertiary/aromatic N) is 1. The number of likely N-dealkylation sites (tertiary alicyclic amines) is 1. The van der Waals surface area contributed by atoms with Gasteiger partial charge in [-0.25, -0.2) is 4.39 Å². The summed E-state index contributed by atoms with van der Waals surface area (Å²) >= 11 is 0. The Labute approximate surface area is 158 Å². The molecule has 0 bridgehead atoms. The third kappa shape index (κ3) is 5.06. The van der Waals surface area contributed by atoms with Crippen molar-refractivity contribution in [3.05, 3.63) is 59.9 Å². The zero-order valence-electron chi connectivity index (χ0n) is 15.3. The second-order valence-corrected chi connectivity index (χ2v) is 6.68. The molecule has 27 heavy (non-hydrogen) atoms. The van der Waals surface area contributed by atoms with Crippen LogP contribution >= 0.6 is 0 Å². The fourth-order valence-electron chi connectivity index (χ4n) is 3.24. The summed E-state index contributed by atoms with van der Waals surface area (Å²) in [4.78, 5) is 26.6. The number of amides is 2. The minimum atomic E-state index is -0.339. The Morgan fingerprint density at radius 1 is 1.15 bits per heavy atom. The number of carbonyl (C=O) groups excluding carboxylic acids is 2. The van der Waals surface area contributed by atoms with E-state index in [9.17, 15) is 14.0 Å². The molecule has 0 radical (unpaired) electrons. The number of hydrogen-bond acceptors (Lipinski definition) is 3. The molecule has 1 aliphatic heterocycles. The Morgan fingerprint density at radius 3 is 2.48 bits per heavy atom. The third-order valence-corrected chi connectivity index (χ3v) is 4.82. The van der Waals surface area contributed by atoms with E-state index < -0.39 is 0 Å². The molecule has 1 saturated heterocycles. The maximum atomic E-state index is 13.2. The highest BCUT2D eigenvalue weighted by Gasteiger charge is 2.27. The molecule has 1 heterocycles. The number of methoxy groups -OCH3 is 1. The van der Waals surface area contributed by atoms with E-state index in [1.165, 1.54) is 12.1 Å². The number of hydrogen-bond donors (Lipinski definition) is 1. The lowest BCUT2D eigenvalue weighted by molar-refractivity contribution is -0.133. The van der Waals surface area contributed by atoms with Gasteiger partial charge in [0, 0.05) is 24.7 Å². The SMILES string of the molecule is COc1ccc(NC(=O)C2CCN(C(=O)Cc3cccc(F)c3)CC2)cc1. The molecule has 1 N–H and O–H groups in total. The van der Waals surface area contributed by atoms with Crippen molar-refractivity contribution < 1.29 is 18.7 Å². The number of carbonyl (C=O) groups is 2. The lowest BCUT2D eigenvalue weighted by atomic mass is 9.95. The standard InChI is InChI=1S/C21H23FN2O3/c1-27-19-7-5-18(6-8-19)23-21(26)16-9-11-24(12-10-16)20(25)14-15-3-2-4-17(22)13-15/h2-8,13,16H,9-12,14H2,1H3,(H,23,26). The predicted octanol–water partition coefficient (Wildman–Crippen LogP) is 3.25. The molecule has 0 aromatic heterocycles. The number of rotatable bonds is 5. The second kappa shape index (κ2) is 8.66. The van der Waals surface area contributed by atoms with Crippen LogP contribution in [0.4, 0.5) is 10.1 Å². The summed E-state index contributed by atoms with van der Waals surface area (Å²) in [6.45, 7) is 1.07. The van der Waals surface area contributed by atoms with Gasteiger partial charge in [0.05, 0.1) is 13.5 Å². The first-order chi connectivity index (χ1) is 13.0. The number of halogens is 1. The van der Waals surface area contributed by atoms with Gasteiger partial charge in [0.15, 0.2) is 0 Å². The van der Waals surface area contributed by atoms with Crippen molar-refractivity contribution in [2.24, 2.45) is 5.92 Å². The van der Waals surface area contributed by atoms with Crippen LogP contribution < -0.4 is 10.1 Å². The van der Waals surface area contributed by atoms with E-state index in [2.05, 4.69) is 5.32 Å². The maximum Gasteiger partial charge on any atom is 0.227 e. The van der Waals surface area contributed by atoms with E-state index in [0.717, 1.165) is 11.4 Å². The highest BCUT2D eigenvalue weighted by Crippen LogP contribution is 2.21. The molecule has 2 aromatic carbocycles. The largest absolute Gasteiger partial charge is 0.497 e. The maximum absolute atomic E-state index is 13.2. The van der Waals surface area contributed by atoms with Crippen molar-refractivity contribution in [3.63, 3.8) is 0 Å². The number of piperidine rings is 1. The number of ether oxygens (including phenoxy) is 1. The first-order valence-corrected chi connectivity index (χ1v) is 9.02. The third-order valence-electron chi connectivity index (χ3n) is 4.82. The molecule has 5 nitrogen and oxygen atoms in total. The van der Waals surface area contributed by atoms with Crippen LogP contribution in [0.5, 0.6) is 5.75 Å². The van der Waals surface area contributed by atoms with E-state index in [1.54, 1.807) is 48.4 Å². The Hall–Kier alpha value is -2.89.